The predicted molar refractivity (Wildman–Crippen MR) is 108 cm³/mol. The van der Waals surface area contributed by atoms with Crippen LogP contribution in [0.1, 0.15) is 54.7 Å². The summed E-state index contributed by atoms with van der Waals surface area (Å²) in [6.07, 6.45) is 5.87. The maximum Gasteiger partial charge on any atom is 0.254 e. The van der Waals surface area contributed by atoms with E-state index in [9.17, 15) is 19.3 Å². The molecule has 2 aromatic rings. The first-order chi connectivity index (χ1) is 13.8. The Morgan fingerprint density at radius 3 is 2.62 bits per heavy atom. The van der Waals surface area contributed by atoms with E-state index >= 15 is 0 Å². The first-order valence-electron chi connectivity index (χ1n) is 10.0. The first-order valence-corrected chi connectivity index (χ1v) is 10.0. The third-order valence-electron chi connectivity index (χ3n) is 5.74. The molecule has 1 atom stereocenters. The molecule has 1 aliphatic carbocycles. The number of pyridine rings is 1. The average Bonchev–Trinajstić information content (AvgIpc) is 2.69. The summed E-state index contributed by atoms with van der Waals surface area (Å²) in [7, 11) is 1.63. The van der Waals surface area contributed by atoms with Gasteiger partial charge in [0.05, 0.1) is 18.1 Å². The Morgan fingerprint density at radius 2 is 1.97 bits per heavy atom. The zero-order chi connectivity index (χ0) is 21.0. The molecule has 0 amide bonds. The molecule has 1 heterocycles. The Labute approximate surface area is 169 Å². The third kappa shape index (κ3) is 4.72. The molecule has 7 heteroatoms. The monoisotopic (exact) mass is 402 g/mol. The Balaban J connectivity index is 1.94. The fraction of sp³-hybridized carbons (Fsp3) is 0.500. The molecule has 1 fully saturated rings. The molecule has 0 aliphatic heterocycles. The van der Waals surface area contributed by atoms with E-state index in [0.29, 0.717) is 24.0 Å². The van der Waals surface area contributed by atoms with Crippen LogP contribution in [0.2, 0.25) is 0 Å². The average molecular weight is 402 g/mol. The second-order valence-electron chi connectivity index (χ2n) is 7.95. The van der Waals surface area contributed by atoms with Crippen LogP contribution in [-0.2, 0) is 17.4 Å². The van der Waals surface area contributed by atoms with Crippen molar-refractivity contribution in [2.45, 2.75) is 50.5 Å². The highest BCUT2D eigenvalue weighted by atomic mass is 19.1. The van der Waals surface area contributed by atoms with Crippen LogP contribution in [0.5, 0.6) is 0 Å². The third-order valence-corrected chi connectivity index (χ3v) is 5.74. The van der Waals surface area contributed by atoms with Crippen LogP contribution in [0.25, 0.3) is 0 Å². The highest BCUT2D eigenvalue weighted by Crippen LogP contribution is 2.42. The number of aryl methyl sites for hydroxylation is 2. The Bertz CT molecular complexity index is 935. The minimum atomic E-state index is -0.812. The van der Waals surface area contributed by atoms with Gasteiger partial charge in [0.15, 0.2) is 0 Å². The van der Waals surface area contributed by atoms with Crippen LogP contribution in [0, 0.1) is 22.9 Å². The van der Waals surface area contributed by atoms with Crippen molar-refractivity contribution in [1.82, 2.24) is 4.57 Å². The zero-order valence-electron chi connectivity index (χ0n) is 16.9. The van der Waals surface area contributed by atoms with E-state index in [1.54, 1.807) is 37.5 Å². The van der Waals surface area contributed by atoms with Gasteiger partial charge >= 0.3 is 0 Å². The lowest BCUT2D eigenvalue weighted by Gasteiger charge is -2.38. The van der Waals surface area contributed by atoms with Gasteiger partial charge in [-0.15, -0.1) is 0 Å². The molecular formula is C22H27FN2O4. The summed E-state index contributed by atoms with van der Waals surface area (Å²) in [6.45, 7) is 1.43. The van der Waals surface area contributed by atoms with Gasteiger partial charge in [0.2, 0.25) is 6.54 Å². The quantitative estimate of drug-likeness (QED) is 0.517. The number of rotatable bonds is 7. The number of hydrogen-bond donors (Lipinski definition) is 0. The van der Waals surface area contributed by atoms with Crippen LogP contribution >= 0.6 is 0 Å². The molecule has 0 radical (unpaired) electrons. The van der Waals surface area contributed by atoms with Crippen molar-refractivity contribution in [3.8, 4) is 0 Å². The van der Waals surface area contributed by atoms with Crippen molar-refractivity contribution in [1.29, 1.82) is 0 Å². The molecule has 156 valence electrons. The van der Waals surface area contributed by atoms with Crippen molar-refractivity contribution >= 4 is 0 Å². The summed E-state index contributed by atoms with van der Waals surface area (Å²) in [6, 6.07) is 8.26. The largest absolute Gasteiger partial charge is 0.369 e. The molecule has 1 saturated carbocycles. The predicted octanol–water partition coefficient (Wildman–Crippen LogP) is 4.07. The molecule has 1 unspecified atom stereocenters. The van der Waals surface area contributed by atoms with E-state index < -0.39 is 23.0 Å². The van der Waals surface area contributed by atoms with Crippen molar-refractivity contribution in [2.24, 2.45) is 7.05 Å². The first kappa shape index (κ1) is 21.2. The second kappa shape index (κ2) is 8.86. The molecule has 6 nitrogen and oxygen atoms in total. The van der Waals surface area contributed by atoms with Gasteiger partial charge in [-0.25, -0.2) is 4.39 Å². The van der Waals surface area contributed by atoms with E-state index in [1.807, 2.05) is 6.92 Å². The number of ether oxygens (including phenoxy) is 1. The van der Waals surface area contributed by atoms with Crippen molar-refractivity contribution < 1.29 is 14.1 Å². The molecule has 0 N–H and O–H groups in total. The van der Waals surface area contributed by atoms with E-state index in [4.69, 9.17) is 4.74 Å². The van der Waals surface area contributed by atoms with Crippen LogP contribution in [-0.4, -0.2) is 22.6 Å². The summed E-state index contributed by atoms with van der Waals surface area (Å²) in [4.78, 5) is 23.5. The Hall–Kier alpha value is -2.54. The Kier molecular flexibility index (Phi) is 6.47. The smallest absolute Gasteiger partial charge is 0.254 e. The van der Waals surface area contributed by atoms with Crippen LogP contribution in [0.3, 0.4) is 0 Å². The van der Waals surface area contributed by atoms with Gasteiger partial charge in [-0.3, -0.25) is 14.9 Å². The van der Waals surface area contributed by atoms with Crippen LogP contribution < -0.4 is 5.56 Å². The maximum atomic E-state index is 14.6. The van der Waals surface area contributed by atoms with Gasteiger partial charge in [-0.05, 0) is 37.5 Å². The number of halogens is 1. The SMILES string of the molecule is Cc1cc(C(COC2(c3ccccc3F)CCCCC2)C[N+](=O)[O-])c(=O)n(C)c1. The van der Waals surface area contributed by atoms with E-state index in [1.165, 1.54) is 10.6 Å². The lowest BCUT2D eigenvalue weighted by Crippen LogP contribution is -2.37. The van der Waals surface area contributed by atoms with E-state index in [0.717, 1.165) is 24.8 Å². The highest BCUT2D eigenvalue weighted by molar-refractivity contribution is 5.26. The zero-order valence-corrected chi connectivity index (χ0v) is 16.9. The van der Waals surface area contributed by atoms with Gasteiger partial charge < -0.3 is 9.30 Å². The summed E-state index contributed by atoms with van der Waals surface area (Å²) in [5, 5.41) is 11.3. The van der Waals surface area contributed by atoms with Gasteiger partial charge in [0.25, 0.3) is 5.56 Å². The molecule has 0 spiro atoms. The number of benzene rings is 1. The molecule has 0 bridgehead atoms. The van der Waals surface area contributed by atoms with Gasteiger partial charge in [-0.2, -0.15) is 0 Å². The molecule has 1 aromatic carbocycles. The lowest BCUT2D eigenvalue weighted by molar-refractivity contribution is -0.484. The molecule has 29 heavy (non-hydrogen) atoms. The molecular weight excluding hydrogens is 375 g/mol. The van der Waals surface area contributed by atoms with E-state index in [2.05, 4.69) is 0 Å². The van der Waals surface area contributed by atoms with Gasteiger partial charge in [-0.1, -0.05) is 37.5 Å². The van der Waals surface area contributed by atoms with Gasteiger partial charge in [0, 0.05) is 29.3 Å². The fourth-order valence-corrected chi connectivity index (χ4v) is 4.33. The minimum absolute atomic E-state index is 0.00594. The molecule has 3 rings (SSSR count). The van der Waals surface area contributed by atoms with Crippen molar-refractivity contribution in [2.75, 3.05) is 13.2 Å². The Morgan fingerprint density at radius 1 is 1.28 bits per heavy atom. The molecule has 1 aliphatic rings. The van der Waals surface area contributed by atoms with Gasteiger partial charge in [0.1, 0.15) is 5.82 Å². The summed E-state index contributed by atoms with van der Waals surface area (Å²) in [5.41, 5.74) is 0.625. The fourth-order valence-electron chi connectivity index (χ4n) is 4.33. The standard InChI is InChI=1S/C22H27FN2O4/c1-16-12-18(21(26)24(2)13-16)17(14-25(27)28)15-29-22(10-6-3-7-11-22)19-8-4-5-9-20(19)23/h4-5,8-9,12-13,17H,3,6-7,10-11,14-15H2,1-2H3. The lowest BCUT2D eigenvalue weighted by atomic mass is 9.79. The summed E-state index contributed by atoms with van der Waals surface area (Å²) < 4.78 is 22.3. The van der Waals surface area contributed by atoms with Crippen molar-refractivity contribution in [3.63, 3.8) is 0 Å². The molecule has 1 aromatic heterocycles. The number of hydrogen-bond acceptors (Lipinski definition) is 4. The van der Waals surface area contributed by atoms with Crippen molar-refractivity contribution in [3.05, 3.63) is 79.5 Å². The number of nitro groups is 1. The van der Waals surface area contributed by atoms with Crippen LogP contribution in [0.15, 0.2) is 41.3 Å². The maximum absolute atomic E-state index is 14.6. The van der Waals surface area contributed by atoms with E-state index in [-0.39, 0.29) is 18.0 Å². The minimum Gasteiger partial charge on any atom is -0.369 e. The number of aromatic nitrogens is 1. The molecule has 0 saturated heterocycles. The summed E-state index contributed by atoms with van der Waals surface area (Å²) >= 11 is 0. The number of nitrogens with zero attached hydrogens (tertiary/aromatic N) is 2. The van der Waals surface area contributed by atoms with Crippen LogP contribution in [0.4, 0.5) is 4.39 Å². The highest BCUT2D eigenvalue weighted by Gasteiger charge is 2.38. The topological polar surface area (TPSA) is 74.4 Å². The second-order valence-corrected chi connectivity index (χ2v) is 7.95. The summed E-state index contributed by atoms with van der Waals surface area (Å²) in [5.74, 6) is -1.03. The normalized spacial score (nSPS) is 17.1.